The van der Waals surface area contributed by atoms with Crippen molar-refractivity contribution in [1.82, 2.24) is 9.88 Å². The highest BCUT2D eigenvalue weighted by Gasteiger charge is 2.22. The Hall–Kier alpha value is -1.17. The van der Waals surface area contributed by atoms with Crippen molar-refractivity contribution in [2.45, 2.75) is 19.5 Å². The maximum Gasteiger partial charge on any atom is 0.125 e. The van der Waals surface area contributed by atoms with Crippen molar-refractivity contribution in [2.24, 2.45) is 0 Å². The molecular weight excluding hydrogens is 230 g/mol. The Kier molecular flexibility index (Phi) is 4.92. The van der Waals surface area contributed by atoms with Gasteiger partial charge >= 0.3 is 0 Å². The molecule has 0 aliphatic carbocycles. The fourth-order valence-electron chi connectivity index (χ4n) is 2.10. The minimum absolute atomic E-state index is 0.104. The molecule has 0 amide bonds. The predicted molar refractivity (Wildman–Crippen MR) is 70.5 cm³/mol. The number of morpholine rings is 1. The summed E-state index contributed by atoms with van der Waals surface area (Å²) in [7, 11) is 0. The zero-order chi connectivity index (χ0) is 12.8. The molecule has 0 saturated carbocycles. The van der Waals surface area contributed by atoms with Gasteiger partial charge < -0.3 is 15.2 Å². The van der Waals surface area contributed by atoms with Crippen molar-refractivity contribution in [3.05, 3.63) is 23.9 Å². The number of anilines is 1. The molecule has 1 unspecified atom stereocenters. The van der Waals surface area contributed by atoms with Crippen LogP contribution in [0.25, 0.3) is 0 Å². The Bertz CT molecular complexity index is 356. The lowest BCUT2D eigenvalue weighted by Gasteiger charge is -2.34. The molecule has 1 aliphatic heterocycles. The Morgan fingerprint density at radius 2 is 2.44 bits per heavy atom. The van der Waals surface area contributed by atoms with Crippen LogP contribution in [0.5, 0.6) is 0 Å². The highest BCUT2D eigenvalue weighted by atomic mass is 16.5. The number of rotatable bonds is 5. The van der Waals surface area contributed by atoms with Crippen LogP contribution >= 0.6 is 0 Å². The quantitative estimate of drug-likeness (QED) is 0.807. The number of hydrogen-bond acceptors (Lipinski definition) is 5. The molecule has 5 heteroatoms. The van der Waals surface area contributed by atoms with Crippen molar-refractivity contribution in [3.8, 4) is 0 Å². The topological polar surface area (TPSA) is 57.6 Å². The lowest BCUT2D eigenvalue weighted by Crippen LogP contribution is -2.46. The van der Waals surface area contributed by atoms with Crippen LogP contribution in [0, 0.1) is 0 Å². The zero-order valence-electron chi connectivity index (χ0n) is 10.8. The molecular formula is C13H21N3O2. The van der Waals surface area contributed by atoms with E-state index in [0.717, 1.165) is 37.6 Å². The molecule has 0 aromatic carbocycles. The molecule has 1 fully saturated rings. The van der Waals surface area contributed by atoms with Crippen LogP contribution in [0.1, 0.15) is 12.5 Å². The second-order valence-corrected chi connectivity index (χ2v) is 4.46. The molecule has 5 nitrogen and oxygen atoms in total. The number of pyridine rings is 1. The first kappa shape index (κ1) is 13.3. The van der Waals surface area contributed by atoms with E-state index in [2.05, 4.69) is 28.2 Å². The minimum atomic E-state index is 0.104. The number of ether oxygens (including phenoxy) is 1. The van der Waals surface area contributed by atoms with Gasteiger partial charge in [0, 0.05) is 25.8 Å². The molecule has 1 saturated heterocycles. The summed E-state index contributed by atoms with van der Waals surface area (Å²) in [5.41, 5.74) is 1.16. The molecule has 2 heterocycles. The van der Waals surface area contributed by atoms with E-state index in [9.17, 15) is 5.11 Å². The molecule has 0 bridgehead atoms. The van der Waals surface area contributed by atoms with Gasteiger partial charge in [-0.25, -0.2) is 4.98 Å². The summed E-state index contributed by atoms with van der Waals surface area (Å²) in [6, 6.07) is 4.18. The molecule has 0 spiro atoms. The van der Waals surface area contributed by atoms with Gasteiger partial charge in [-0.3, -0.25) is 4.90 Å². The number of aliphatic hydroxyl groups is 1. The maximum absolute atomic E-state index is 9.31. The molecule has 1 aromatic rings. The lowest BCUT2D eigenvalue weighted by atomic mass is 10.2. The van der Waals surface area contributed by atoms with Crippen molar-refractivity contribution in [1.29, 1.82) is 0 Å². The summed E-state index contributed by atoms with van der Waals surface area (Å²) in [6.45, 7) is 6.09. The first-order valence-electron chi connectivity index (χ1n) is 6.45. The summed E-state index contributed by atoms with van der Waals surface area (Å²) in [5, 5.41) is 12.5. The molecule has 1 atom stereocenters. The highest BCUT2D eigenvalue weighted by molar-refractivity contribution is 5.35. The molecule has 2 rings (SSSR count). The van der Waals surface area contributed by atoms with Crippen LogP contribution < -0.4 is 5.32 Å². The van der Waals surface area contributed by atoms with Crippen LogP contribution in [0.4, 0.5) is 5.82 Å². The van der Waals surface area contributed by atoms with Crippen LogP contribution in [0.3, 0.4) is 0 Å². The van der Waals surface area contributed by atoms with Crippen LogP contribution in [0.15, 0.2) is 18.3 Å². The fraction of sp³-hybridized carbons (Fsp3) is 0.615. The van der Waals surface area contributed by atoms with E-state index in [1.807, 2.05) is 12.3 Å². The first-order chi connectivity index (χ1) is 8.83. The van der Waals surface area contributed by atoms with Gasteiger partial charge in [-0.2, -0.15) is 0 Å². The largest absolute Gasteiger partial charge is 0.395 e. The minimum Gasteiger partial charge on any atom is -0.395 e. The average Bonchev–Trinajstić information content (AvgIpc) is 2.42. The van der Waals surface area contributed by atoms with E-state index in [1.165, 1.54) is 0 Å². The summed E-state index contributed by atoms with van der Waals surface area (Å²) in [4.78, 5) is 6.60. The monoisotopic (exact) mass is 251 g/mol. The summed E-state index contributed by atoms with van der Waals surface area (Å²) >= 11 is 0. The lowest BCUT2D eigenvalue weighted by molar-refractivity contribution is -0.0313. The van der Waals surface area contributed by atoms with Gasteiger partial charge in [0.15, 0.2) is 0 Å². The predicted octanol–water partition coefficient (Wildman–Crippen LogP) is 0.706. The van der Waals surface area contributed by atoms with E-state index >= 15 is 0 Å². The molecule has 18 heavy (non-hydrogen) atoms. The molecule has 1 aliphatic rings. The van der Waals surface area contributed by atoms with Crippen LogP contribution in [-0.2, 0) is 11.3 Å². The number of aromatic nitrogens is 1. The Labute approximate surface area is 108 Å². The second-order valence-electron chi connectivity index (χ2n) is 4.46. The van der Waals surface area contributed by atoms with Crippen LogP contribution in [-0.4, -0.2) is 53.9 Å². The van der Waals surface area contributed by atoms with E-state index in [4.69, 9.17) is 4.74 Å². The van der Waals surface area contributed by atoms with Gasteiger partial charge in [0.2, 0.25) is 0 Å². The van der Waals surface area contributed by atoms with Crippen LogP contribution in [0.2, 0.25) is 0 Å². The van der Waals surface area contributed by atoms with Gasteiger partial charge in [0.25, 0.3) is 0 Å². The van der Waals surface area contributed by atoms with Crippen molar-refractivity contribution < 1.29 is 9.84 Å². The standard InChI is InChI=1S/C13H21N3O2/c1-2-14-13-4-3-11(7-15-13)8-16-5-6-18-10-12(16)9-17/h3-4,7,12,17H,2,5-6,8-10H2,1H3,(H,14,15). The van der Waals surface area contributed by atoms with E-state index in [1.54, 1.807) is 0 Å². The molecule has 1 aromatic heterocycles. The summed E-state index contributed by atoms with van der Waals surface area (Å²) in [5.74, 6) is 0.905. The van der Waals surface area contributed by atoms with Crippen molar-refractivity contribution >= 4 is 5.82 Å². The van der Waals surface area contributed by atoms with E-state index in [-0.39, 0.29) is 12.6 Å². The molecule has 100 valence electrons. The Balaban J connectivity index is 1.95. The molecule has 0 radical (unpaired) electrons. The van der Waals surface area contributed by atoms with Gasteiger partial charge in [0.05, 0.1) is 25.9 Å². The fourth-order valence-corrected chi connectivity index (χ4v) is 2.10. The number of nitrogens with one attached hydrogen (secondary N) is 1. The number of aliphatic hydroxyl groups excluding tert-OH is 1. The number of nitrogens with zero attached hydrogens (tertiary/aromatic N) is 2. The zero-order valence-corrected chi connectivity index (χ0v) is 10.8. The van der Waals surface area contributed by atoms with Gasteiger partial charge in [0.1, 0.15) is 5.82 Å². The van der Waals surface area contributed by atoms with Crippen molar-refractivity contribution in [3.63, 3.8) is 0 Å². The SMILES string of the molecule is CCNc1ccc(CN2CCOCC2CO)cn1. The highest BCUT2D eigenvalue weighted by Crippen LogP contribution is 2.13. The van der Waals surface area contributed by atoms with E-state index in [0.29, 0.717) is 6.61 Å². The third kappa shape index (κ3) is 3.41. The first-order valence-corrected chi connectivity index (χ1v) is 6.45. The maximum atomic E-state index is 9.31. The Morgan fingerprint density at radius 1 is 1.56 bits per heavy atom. The molecule has 2 N–H and O–H groups in total. The summed E-state index contributed by atoms with van der Waals surface area (Å²) in [6.07, 6.45) is 1.89. The van der Waals surface area contributed by atoms with Gasteiger partial charge in [-0.05, 0) is 18.6 Å². The van der Waals surface area contributed by atoms with E-state index < -0.39 is 0 Å². The number of hydrogen-bond donors (Lipinski definition) is 2. The normalized spacial score (nSPS) is 20.9. The van der Waals surface area contributed by atoms with Gasteiger partial charge in [-0.15, -0.1) is 0 Å². The van der Waals surface area contributed by atoms with Gasteiger partial charge in [-0.1, -0.05) is 6.07 Å². The average molecular weight is 251 g/mol. The Morgan fingerprint density at radius 3 is 3.11 bits per heavy atom. The second kappa shape index (κ2) is 6.68. The third-order valence-electron chi connectivity index (χ3n) is 3.13. The smallest absolute Gasteiger partial charge is 0.125 e. The van der Waals surface area contributed by atoms with Crippen molar-refractivity contribution in [2.75, 3.05) is 38.2 Å². The third-order valence-corrected chi connectivity index (χ3v) is 3.13. The summed E-state index contributed by atoms with van der Waals surface area (Å²) < 4.78 is 5.36.